The summed E-state index contributed by atoms with van der Waals surface area (Å²) < 4.78 is 0. The Balaban J connectivity index is 2.92. The fraction of sp³-hybridized carbons (Fsp3) is 1.00. The molecular weight excluding hydrogens is 179 g/mol. The molecular formula is C10H25N2P. The van der Waals surface area contributed by atoms with Gasteiger partial charge in [-0.2, -0.15) is 0 Å². The molecule has 0 aromatic carbocycles. The minimum absolute atomic E-state index is 1.18. The van der Waals surface area contributed by atoms with Gasteiger partial charge in [-0.15, -0.1) is 8.58 Å². The first kappa shape index (κ1) is 13.4. The molecule has 0 N–H and O–H groups in total. The average Bonchev–Trinajstić information content (AvgIpc) is 2.01. The minimum Gasteiger partial charge on any atom is -0.309 e. The molecule has 0 atom stereocenters. The molecule has 0 aliphatic carbocycles. The van der Waals surface area contributed by atoms with E-state index in [2.05, 4.69) is 38.0 Å². The smallest absolute Gasteiger partial charge is 0.00216 e. The van der Waals surface area contributed by atoms with E-state index >= 15 is 0 Å². The third kappa shape index (κ3) is 12.4. The van der Waals surface area contributed by atoms with Crippen molar-refractivity contribution in [2.24, 2.45) is 0 Å². The van der Waals surface area contributed by atoms with Gasteiger partial charge >= 0.3 is 0 Å². The molecule has 0 fully saturated rings. The Kier molecular flexibility index (Phi) is 9.17. The lowest BCUT2D eigenvalue weighted by atomic mass is 10.4. The van der Waals surface area contributed by atoms with Gasteiger partial charge < -0.3 is 9.80 Å². The van der Waals surface area contributed by atoms with Crippen molar-refractivity contribution in [1.82, 2.24) is 9.80 Å². The summed E-state index contributed by atoms with van der Waals surface area (Å²) in [6.07, 6.45) is 5.58. The number of hydrogen-bond acceptors (Lipinski definition) is 2. The standard InChI is InChI=1S/C10H25N2P/c1-11(2)7-5-9-13-10-6-8-12(3)4/h13H,5-10H2,1-4H3. The zero-order valence-electron chi connectivity index (χ0n) is 9.64. The van der Waals surface area contributed by atoms with Crippen LogP contribution in [0.2, 0.25) is 0 Å². The van der Waals surface area contributed by atoms with Crippen molar-refractivity contribution < 1.29 is 0 Å². The highest BCUT2D eigenvalue weighted by atomic mass is 31.1. The topological polar surface area (TPSA) is 6.48 Å². The van der Waals surface area contributed by atoms with Gasteiger partial charge in [0.15, 0.2) is 0 Å². The van der Waals surface area contributed by atoms with Crippen LogP contribution in [-0.2, 0) is 0 Å². The maximum Gasteiger partial charge on any atom is -0.00216 e. The molecule has 0 spiro atoms. The second kappa shape index (κ2) is 8.93. The van der Waals surface area contributed by atoms with Crippen LogP contribution < -0.4 is 0 Å². The van der Waals surface area contributed by atoms with Gasteiger partial charge in [0.05, 0.1) is 0 Å². The van der Waals surface area contributed by atoms with E-state index < -0.39 is 0 Å². The molecule has 0 aliphatic heterocycles. The van der Waals surface area contributed by atoms with Crippen molar-refractivity contribution in [2.75, 3.05) is 53.6 Å². The Bertz CT molecular complexity index is 93.1. The zero-order valence-corrected chi connectivity index (χ0v) is 10.6. The third-order valence-electron chi connectivity index (χ3n) is 1.92. The first-order chi connectivity index (χ1) is 6.13. The van der Waals surface area contributed by atoms with Crippen LogP contribution in [0.4, 0.5) is 0 Å². The summed E-state index contributed by atoms with van der Waals surface area (Å²) in [5.41, 5.74) is 0. The molecule has 0 aromatic heterocycles. The summed E-state index contributed by atoms with van der Waals surface area (Å²) in [5.74, 6) is 0. The molecule has 3 heteroatoms. The van der Waals surface area contributed by atoms with E-state index in [9.17, 15) is 0 Å². The SMILES string of the molecule is CN(C)CCCPCCCN(C)C. The van der Waals surface area contributed by atoms with Gasteiger partial charge in [-0.05, 0) is 66.4 Å². The Morgan fingerprint density at radius 3 is 1.46 bits per heavy atom. The predicted octanol–water partition coefficient (Wildman–Crippen LogP) is 1.57. The van der Waals surface area contributed by atoms with Crippen LogP contribution in [0.1, 0.15) is 12.8 Å². The molecule has 0 heterocycles. The maximum absolute atomic E-state index is 2.27. The molecule has 0 radical (unpaired) electrons. The Hall–Kier alpha value is 0.350. The fourth-order valence-electron chi connectivity index (χ4n) is 1.17. The first-order valence-electron chi connectivity index (χ1n) is 5.13. The third-order valence-corrected chi connectivity index (χ3v) is 3.33. The highest BCUT2D eigenvalue weighted by Crippen LogP contribution is 2.12. The van der Waals surface area contributed by atoms with Gasteiger partial charge in [0.25, 0.3) is 0 Å². The summed E-state index contributed by atoms with van der Waals surface area (Å²) in [5, 5.41) is 0. The highest BCUT2D eigenvalue weighted by molar-refractivity contribution is 7.37. The summed E-state index contributed by atoms with van der Waals surface area (Å²) in [6.45, 7) is 2.50. The molecule has 0 bridgehead atoms. The van der Waals surface area contributed by atoms with E-state index in [1.54, 1.807) is 0 Å². The Morgan fingerprint density at radius 2 is 1.15 bits per heavy atom. The van der Waals surface area contributed by atoms with Crippen LogP contribution in [0.3, 0.4) is 0 Å². The summed E-state index contributed by atoms with van der Waals surface area (Å²) in [7, 11) is 9.77. The Morgan fingerprint density at radius 1 is 0.769 bits per heavy atom. The van der Waals surface area contributed by atoms with Crippen LogP contribution in [0.15, 0.2) is 0 Å². The fourth-order valence-corrected chi connectivity index (χ4v) is 2.23. The van der Waals surface area contributed by atoms with Gasteiger partial charge in [-0.1, -0.05) is 0 Å². The first-order valence-corrected chi connectivity index (χ1v) is 6.54. The van der Waals surface area contributed by atoms with Crippen LogP contribution in [0.5, 0.6) is 0 Å². The zero-order chi connectivity index (χ0) is 10.1. The van der Waals surface area contributed by atoms with Crippen molar-refractivity contribution in [3.05, 3.63) is 0 Å². The van der Waals surface area contributed by atoms with Crippen LogP contribution in [0.25, 0.3) is 0 Å². The number of nitrogens with zero attached hydrogens (tertiary/aromatic N) is 2. The van der Waals surface area contributed by atoms with Crippen LogP contribution in [0, 0.1) is 0 Å². The second-order valence-corrected chi connectivity index (χ2v) is 5.56. The van der Waals surface area contributed by atoms with E-state index in [0.29, 0.717) is 0 Å². The van der Waals surface area contributed by atoms with Gasteiger partial charge in [0, 0.05) is 0 Å². The van der Waals surface area contributed by atoms with Crippen LogP contribution >= 0.6 is 8.58 Å². The lowest BCUT2D eigenvalue weighted by molar-refractivity contribution is 0.407. The van der Waals surface area contributed by atoms with Crippen molar-refractivity contribution in [1.29, 1.82) is 0 Å². The molecule has 13 heavy (non-hydrogen) atoms. The van der Waals surface area contributed by atoms with Gasteiger partial charge in [-0.25, -0.2) is 0 Å². The molecule has 0 saturated heterocycles. The number of hydrogen-bond donors (Lipinski definition) is 0. The average molecular weight is 204 g/mol. The predicted molar refractivity (Wildman–Crippen MR) is 64.4 cm³/mol. The lowest BCUT2D eigenvalue weighted by Crippen LogP contribution is -2.14. The number of rotatable bonds is 8. The quantitative estimate of drug-likeness (QED) is 0.437. The van der Waals surface area contributed by atoms with E-state index in [1.165, 1.54) is 46.8 Å². The van der Waals surface area contributed by atoms with E-state index in [4.69, 9.17) is 0 Å². The Labute approximate surface area is 85.5 Å². The monoisotopic (exact) mass is 204 g/mol. The molecule has 0 rings (SSSR count). The molecule has 0 saturated carbocycles. The van der Waals surface area contributed by atoms with E-state index in [-0.39, 0.29) is 0 Å². The van der Waals surface area contributed by atoms with Gasteiger partial charge in [0.2, 0.25) is 0 Å². The minimum atomic E-state index is 1.18. The van der Waals surface area contributed by atoms with Crippen molar-refractivity contribution in [3.8, 4) is 0 Å². The molecule has 0 unspecified atom stereocenters. The van der Waals surface area contributed by atoms with Gasteiger partial charge in [0.1, 0.15) is 0 Å². The highest BCUT2D eigenvalue weighted by Gasteiger charge is 1.93. The van der Waals surface area contributed by atoms with Gasteiger partial charge in [-0.3, -0.25) is 0 Å². The maximum atomic E-state index is 2.27. The van der Waals surface area contributed by atoms with Crippen molar-refractivity contribution in [3.63, 3.8) is 0 Å². The normalized spacial score (nSPS) is 11.5. The second-order valence-electron chi connectivity index (χ2n) is 4.06. The van der Waals surface area contributed by atoms with E-state index in [1.807, 2.05) is 0 Å². The lowest BCUT2D eigenvalue weighted by Gasteiger charge is -2.10. The van der Waals surface area contributed by atoms with Crippen molar-refractivity contribution in [2.45, 2.75) is 12.8 Å². The summed E-state index contributed by atoms with van der Waals surface area (Å²) in [6, 6.07) is 0. The molecule has 0 aliphatic rings. The largest absolute Gasteiger partial charge is 0.309 e. The molecule has 2 nitrogen and oxygen atoms in total. The molecule has 0 amide bonds. The van der Waals surface area contributed by atoms with Crippen LogP contribution in [-0.4, -0.2) is 63.4 Å². The molecule has 0 aromatic rings. The van der Waals surface area contributed by atoms with Crippen molar-refractivity contribution >= 4 is 8.58 Å². The molecule has 80 valence electrons. The summed E-state index contributed by atoms with van der Waals surface area (Å²) >= 11 is 0. The summed E-state index contributed by atoms with van der Waals surface area (Å²) in [4.78, 5) is 4.54. The van der Waals surface area contributed by atoms with E-state index in [0.717, 1.165) is 0 Å².